The van der Waals surface area contributed by atoms with Crippen LogP contribution in [-0.4, -0.2) is 49.6 Å². The number of ether oxygens (including phenoxy) is 3. The minimum atomic E-state index is -4.50. The van der Waals surface area contributed by atoms with E-state index in [-0.39, 0.29) is 30.9 Å². The summed E-state index contributed by atoms with van der Waals surface area (Å²) in [5.74, 6) is 0.930. The molecule has 0 amide bonds. The average molecular weight is 1000 g/mol. The third kappa shape index (κ3) is 12.6. The van der Waals surface area contributed by atoms with Crippen LogP contribution in [0.25, 0.3) is 71.6 Å². The van der Waals surface area contributed by atoms with Gasteiger partial charge in [0.1, 0.15) is 22.9 Å². The van der Waals surface area contributed by atoms with Crippen LogP contribution in [0.5, 0.6) is 17.2 Å². The number of isothiocyanates is 1. The maximum Gasteiger partial charge on any atom is 2.00 e. The van der Waals surface area contributed by atoms with Crippen molar-refractivity contribution in [3.8, 4) is 61.9 Å². The van der Waals surface area contributed by atoms with Crippen LogP contribution in [0, 0.1) is 0 Å². The van der Waals surface area contributed by atoms with Crippen molar-refractivity contribution in [2.45, 2.75) is 45.2 Å². The maximum absolute atomic E-state index is 12.7. The molecule has 0 unspecified atom stereocenters. The van der Waals surface area contributed by atoms with Gasteiger partial charge in [0, 0.05) is 46.4 Å². The van der Waals surface area contributed by atoms with Crippen LogP contribution in [0.1, 0.15) is 43.9 Å². The van der Waals surface area contributed by atoms with Crippen LogP contribution in [0.15, 0.2) is 109 Å². The number of nitrogens with zero attached hydrogens (tertiary/aromatic N) is 7. The molecular weight excluding hydrogens is 969 g/mol. The molecule has 6 heterocycles. The van der Waals surface area contributed by atoms with Crippen molar-refractivity contribution in [1.29, 1.82) is 0 Å². The van der Waals surface area contributed by atoms with Gasteiger partial charge in [0.25, 0.3) is 19.4 Å². The number of benzene rings is 2. The van der Waals surface area contributed by atoms with Gasteiger partial charge in [-0.1, -0.05) is 56.2 Å². The number of carbonyl (C=O) groups is 3. The zero-order valence-electron chi connectivity index (χ0n) is 34.0. The van der Waals surface area contributed by atoms with E-state index in [1.165, 1.54) is 30.0 Å². The van der Waals surface area contributed by atoms with Gasteiger partial charge in [-0.05, 0) is 101 Å². The molecule has 0 aliphatic heterocycles. The Bertz CT molecular complexity index is 2830. The summed E-state index contributed by atoms with van der Waals surface area (Å²) in [5, 5.41) is 20.4. The average Bonchev–Trinajstić information content (AvgIpc) is 4.00. The van der Waals surface area contributed by atoms with Crippen molar-refractivity contribution < 1.29 is 61.2 Å². The number of unbranched alkanes of at least 4 members (excludes halogenated alkanes) is 3. The summed E-state index contributed by atoms with van der Waals surface area (Å²) in [6.07, 6.45) is 6.15. The Hall–Kier alpha value is -6.91. The SMILES string of the molecule is CCCCCCc1ccsc1-c1ccnc(-c2cc(C(F)(F)F)n[n-]2)c1.O=COc1cc(-c2nccc3ccc(OC=O)cc23)nc(-c2nccc3ccc(OC=O)cc23)c1.[N-]=C=S.[Ru+2]. The molecule has 6 aromatic heterocycles. The first kappa shape index (κ1) is 49.1. The van der Waals surface area contributed by atoms with Gasteiger partial charge in [-0.3, -0.25) is 29.3 Å². The molecule has 13 nitrogen and oxygen atoms in total. The maximum atomic E-state index is 12.7. The molecule has 330 valence electrons. The Kier molecular flexibility index (Phi) is 17.9. The Balaban J connectivity index is 0.000000236. The molecule has 0 fully saturated rings. The molecule has 0 spiro atoms. The first-order valence-electron chi connectivity index (χ1n) is 19.3. The number of thiophene rings is 1. The van der Waals surface area contributed by atoms with E-state index in [9.17, 15) is 27.6 Å². The third-order valence-corrected chi connectivity index (χ3v) is 10.5. The molecule has 19 heteroatoms. The van der Waals surface area contributed by atoms with Crippen molar-refractivity contribution in [2.75, 3.05) is 0 Å². The Morgan fingerprint density at radius 3 is 1.83 bits per heavy atom. The molecular formula is C46H34F3N7O6RuS2. The first-order chi connectivity index (χ1) is 31.1. The number of alkyl halides is 3. The van der Waals surface area contributed by atoms with Crippen molar-refractivity contribution in [2.24, 2.45) is 0 Å². The topological polar surface area (TPSA) is 180 Å². The molecule has 0 aliphatic carbocycles. The molecule has 0 radical (unpaired) electrons. The normalized spacial score (nSPS) is 10.6. The van der Waals surface area contributed by atoms with Gasteiger partial charge < -0.3 is 29.8 Å². The quantitative estimate of drug-likeness (QED) is 0.0312. The molecule has 0 bridgehead atoms. The van der Waals surface area contributed by atoms with E-state index < -0.39 is 11.9 Å². The van der Waals surface area contributed by atoms with Crippen molar-refractivity contribution in [3.05, 3.63) is 126 Å². The number of hydrogen-bond acceptors (Lipinski definition) is 13. The Labute approximate surface area is 391 Å². The molecule has 0 saturated heterocycles. The number of pyridine rings is 4. The summed E-state index contributed by atoms with van der Waals surface area (Å²) in [7, 11) is 0. The molecule has 8 rings (SSSR count). The summed E-state index contributed by atoms with van der Waals surface area (Å²) >= 11 is 5.34. The molecule has 0 saturated carbocycles. The summed E-state index contributed by atoms with van der Waals surface area (Å²) < 4.78 is 53.3. The van der Waals surface area contributed by atoms with E-state index in [0.717, 1.165) is 40.1 Å². The van der Waals surface area contributed by atoms with Gasteiger partial charge in [-0.2, -0.15) is 18.3 Å². The van der Waals surface area contributed by atoms with E-state index in [1.54, 1.807) is 84.5 Å². The van der Waals surface area contributed by atoms with Gasteiger partial charge in [-0.15, -0.1) is 11.3 Å². The van der Waals surface area contributed by atoms with Crippen molar-refractivity contribution in [3.63, 3.8) is 0 Å². The fraction of sp³-hybridized carbons (Fsp3) is 0.152. The van der Waals surface area contributed by atoms with Crippen LogP contribution in [-0.2, 0) is 46.5 Å². The Morgan fingerprint density at radius 2 is 1.29 bits per heavy atom. The summed E-state index contributed by atoms with van der Waals surface area (Å²) in [5.41, 5.74) is 3.56. The number of aromatic nitrogens is 6. The fourth-order valence-corrected chi connectivity index (χ4v) is 7.58. The number of rotatable bonds is 15. The zero-order chi connectivity index (χ0) is 45.5. The van der Waals surface area contributed by atoms with E-state index in [4.69, 9.17) is 24.6 Å². The van der Waals surface area contributed by atoms with Gasteiger partial charge in [-0.25, -0.2) is 4.98 Å². The number of halogens is 3. The second kappa shape index (κ2) is 23.7. The third-order valence-electron chi connectivity index (χ3n) is 9.47. The van der Waals surface area contributed by atoms with E-state index in [1.807, 2.05) is 18.2 Å². The Morgan fingerprint density at radius 1 is 0.723 bits per heavy atom. The zero-order valence-corrected chi connectivity index (χ0v) is 37.4. The number of aryl methyl sites for hydroxylation is 1. The van der Waals surface area contributed by atoms with Crippen molar-refractivity contribution >= 4 is 69.7 Å². The standard InChI is InChI=1S/C26H15N3O6.C19H19F3N3S.CNS.Ru/c30-13-33-18-3-1-16-5-7-27-25(21(16)9-18)23-11-20(35-15-32)12-24(29-23)26-22-10-19(34-14-31)4-2-17(22)6-8-28-26;1-2-3-4-5-6-13-8-10-26-18(13)14-7-9-23-15(11-14)16-12-17(25-24-16)19(20,21)22;2-1-3;/h1-15H;7-12H,2-6H2,1H3;;/q;2*-1;+2. The summed E-state index contributed by atoms with van der Waals surface area (Å²) in [6, 6.07) is 23.8. The van der Waals surface area contributed by atoms with E-state index in [2.05, 4.69) is 55.7 Å². The monoisotopic (exact) mass is 1000 g/mol. The number of thiocarbonyl (C=S) groups is 1. The van der Waals surface area contributed by atoms with Gasteiger partial charge in [0.2, 0.25) is 0 Å². The van der Waals surface area contributed by atoms with Gasteiger partial charge >= 0.3 is 25.7 Å². The van der Waals surface area contributed by atoms with Crippen molar-refractivity contribution in [1.82, 2.24) is 30.1 Å². The molecule has 2 aromatic carbocycles. The minimum absolute atomic E-state index is 0. The molecule has 0 N–H and O–H groups in total. The predicted molar refractivity (Wildman–Crippen MR) is 239 cm³/mol. The molecule has 0 atom stereocenters. The summed E-state index contributed by atoms with van der Waals surface area (Å²) in [4.78, 5) is 51.8. The smallest absolute Gasteiger partial charge is 0.753 e. The van der Waals surface area contributed by atoms with Crippen LogP contribution < -0.4 is 19.3 Å². The second-order valence-corrected chi connectivity index (χ2v) is 14.6. The number of fused-ring (bicyclic) bond motifs is 2. The van der Waals surface area contributed by atoms with Crippen LogP contribution in [0.2, 0.25) is 0 Å². The van der Waals surface area contributed by atoms with E-state index >= 15 is 0 Å². The van der Waals surface area contributed by atoms with E-state index in [0.29, 0.717) is 70.2 Å². The van der Waals surface area contributed by atoms with Crippen LogP contribution in [0.4, 0.5) is 13.2 Å². The molecule has 65 heavy (non-hydrogen) atoms. The number of hydrogen-bond donors (Lipinski definition) is 0. The molecule has 8 aromatic rings. The summed E-state index contributed by atoms with van der Waals surface area (Å²) in [6.45, 7) is 3.20. The largest absolute Gasteiger partial charge is 2.00 e. The van der Waals surface area contributed by atoms with Crippen LogP contribution >= 0.6 is 23.6 Å². The van der Waals surface area contributed by atoms with Crippen LogP contribution in [0.3, 0.4) is 0 Å². The van der Waals surface area contributed by atoms with Gasteiger partial charge in [0.15, 0.2) is 0 Å². The minimum Gasteiger partial charge on any atom is -0.753 e. The fourth-order valence-electron chi connectivity index (χ4n) is 6.63. The van der Waals surface area contributed by atoms with Gasteiger partial charge in [0.05, 0.1) is 28.5 Å². The number of carbonyl (C=O) groups excluding carboxylic acids is 3. The molecule has 0 aliphatic rings. The second-order valence-electron chi connectivity index (χ2n) is 13.5. The first-order valence-corrected chi connectivity index (χ1v) is 20.6. The predicted octanol–water partition coefficient (Wildman–Crippen LogP) is 10.7.